The average Bonchev–Trinajstić information content (AvgIpc) is 2.60. The molecule has 0 radical (unpaired) electrons. The number of rotatable bonds is 2. The summed E-state index contributed by atoms with van der Waals surface area (Å²) in [6.07, 6.45) is 3.11. The zero-order chi connectivity index (χ0) is 9.26. The number of halogens is 1. The molecule has 4 heteroatoms. The van der Waals surface area contributed by atoms with Gasteiger partial charge in [0.1, 0.15) is 12.8 Å². The quantitative estimate of drug-likeness (QED) is 0.727. The maximum absolute atomic E-state index is 12.2. The topological polar surface area (TPSA) is 48.9 Å². The molecule has 1 aliphatic rings. The van der Waals surface area contributed by atoms with Gasteiger partial charge in [0.25, 0.3) is 0 Å². The van der Waals surface area contributed by atoms with E-state index in [1.54, 1.807) is 0 Å². The average molecular weight is 184 g/mol. The van der Waals surface area contributed by atoms with Crippen LogP contribution in [-0.2, 0) is 12.8 Å². The smallest absolute Gasteiger partial charge is 0.126 e. The van der Waals surface area contributed by atoms with Crippen LogP contribution in [0.15, 0.2) is 0 Å². The van der Waals surface area contributed by atoms with Crippen molar-refractivity contribution in [3.8, 4) is 0 Å². The molecule has 1 aliphatic carbocycles. The van der Waals surface area contributed by atoms with Crippen LogP contribution in [-0.4, -0.2) is 22.0 Å². The minimum Gasteiger partial charge on any atom is -0.384 e. The minimum atomic E-state index is -1.04. The number of hydrogen-bond acceptors (Lipinski definition) is 2. The Morgan fingerprint density at radius 3 is 3.00 bits per heavy atom. The fourth-order valence-electron chi connectivity index (χ4n) is 1.86. The number of alkyl halides is 1. The molecule has 0 fully saturated rings. The van der Waals surface area contributed by atoms with Crippen molar-refractivity contribution >= 4 is 0 Å². The third-order valence-electron chi connectivity index (χ3n) is 2.55. The monoisotopic (exact) mass is 184 g/mol. The van der Waals surface area contributed by atoms with Crippen LogP contribution < -0.4 is 0 Å². The zero-order valence-corrected chi connectivity index (χ0v) is 7.39. The molecular weight excluding hydrogens is 171 g/mol. The van der Waals surface area contributed by atoms with Gasteiger partial charge in [0, 0.05) is 5.69 Å². The standard InChI is InChI=1S/C9H13FN2O/c10-5-8(13)9-6-3-1-2-4-7(6)11-12-9/h8,13H,1-5H2,(H,11,12). The highest BCUT2D eigenvalue weighted by molar-refractivity contribution is 5.29. The molecule has 2 N–H and O–H groups in total. The summed E-state index contributed by atoms with van der Waals surface area (Å²) in [7, 11) is 0. The van der Waals surface area contributed by atoms with Crippen LogP contribution >= 0.6 is 0 Å². The van der Waals surface area contributed by atoms with Gasteiger partial charge in [0.05, 0.1) is 5.69 Å². The van der Waals surface area contributed by atoms with E-state index in [2.05, 4.69) is 10.2 Å². The normalized spacial score (nSPS) is 18.3. The number of aromatic nitrogens is 2. The second kappa shape index (κ2) is 3.46. The van der Waals surface area contributed by atoms with Crippen LogP contribution in [0.5, 0.6) is 0 Å². The molecule has 1 aromatic rings. The van der Waals surface area contributed by atoms with E-state index in [1.165, 1.54) is 0 Å². The van der Waals surface area contributed by atoms with E-state index in [-0.39, 0.29) is 0 Å². The van der Waals surface area contributed by atoms with Gasteiger partial charge in [-0.3, -0.25) is 5.10 Å². The van der Waals surface area contributed by atoms with Gasteiger partial charge in [-0.2, -0.15) is 5.10 Å². The second-order valence-corrected chi connectivity index (χ2v) is 3.44. The second-order valence-electron chi connectivity index (χ2n) is 3.44. The van der Waals surface area contributed by atoms with Crippen LogP contribution in [0.4, 0.5) is 4.39 Å². The minimum absolute atomic E-state index is 0.511. The van der Waals surface area contributed by atoms with Crippen LogP contribution in [0.2, 0.25) is 0 Å². The van der Waals surface area contributed by atoms with Crippen molar-refractivity contribution in [2.24, 2.45) is 0 Å². The summed E-state index contributed by atoms with van der Waals surface area (Å²) in [6, 6.07) is 0. The molecule has 0 aromatic carbocycles. The van der Waals surface area contributed by atoms with E-state index in [0.29, 0.717) is 5.69 Å². The molecule has 0 spiro atoms. The summed E-state index contributed by atoms with van der Waals surface area (Å²) in [4.78, 5) is 0. The van der Waals surface area contributed by atoms with Crippen molar-refractivity contribution < 1.29 is 9.50 Å². The van der Waals surface area contributed by atoms with Crippen LogP contribution in [0.1, 0.15) is 35.9 Å². The third-order valence-corrected chi connectivity index (χ3v) is 2.55. The number of aromatic amines is 1. The Labute approximate surface area is 76.0 Å². The van der Waals surface area contributed by atoms with Crippen molar-refractivity contribution in [2.45, 2.75) is 31.8 Å². The van der Waals surface area contributed by atoms with Gasteiger partial charge in [0.2, 0.25) is 0 Å². The Bertz CT molecular complexity index is 298. The zero-order valence-electron chi connectivity index (χ0n) is 7.39. The van der Waals surface area contributed by atoms with Crippen molar-refractivity contribution in [1.29, 1.82) is 0 Å². The first-order chi connectivity index (χ1) is 6.33. The third kappa shape index (κ3) is 1.46. The van der Waals surface area contributed by atoms with Crippen molar-refractivity contribution in [1.82, 2.24) is 10.2 Å². The van der Waals surface area contributed by atoms with E-state index in [4.69, 9.17) is 0 Å². The Kier molecular flexibility index (Phi) is 2.31. The predicted octanol–water partition coefficient (Wildman–Crippen LogP) is 1.29. The van der Waals surface area contributed by atoms with Gasteiger partial charge >= 0.3 is 0 Å². The molecule has 1 heterocycles. The number of hydrogen-bond donors (Lipinski definition) is 2. The van der Waals surface area contributed by atoms with Crippen LogP contribution in [0.3, 0.4) is 0 Å². The number of nitrogens with zero attached hydrogens (tertiary/aromatic N) is 1. The van der Waals surface area contributed by atoms with Crippen LogP contribution in [0.25, 0.3) is 0 Å². The number of aliphatic hydroxyl groups excluding tert-OH is 1. The Morgan fingerprint density at radius 2 is 2.23 bits per heavy atom. The van der Waals surface area contributed by atoms with Crippen molar-refractivity contribution in [3.63, 3.8) is 0 Å². The summed E-state index contributed by atoms with van der Waals surface area (Å²) in [5.74, 6) is 0. The van der Waals surface area contributed by atoms with Crippen molar-refractivity contribution in [3.05, 3.63) is 17.0 Å². The lowest BCUT2D eigenvalue weighted by atomic mass is 9.95. The van der Waals surface area contributed by atoms with Gasteiger partial charge in [-0.25, -0.2) is 4.39 Å². The molecule has 72 valence electrons. The molecule has 0 bridgehead atoms. The molecule has 0 saturated carbocycles. The number of fused-ring (bicyclic) bond motifs is 1. The summed E-state index contributed by atoms with van der Waals surface area (Å²) in [5.41, 5.74) is 2.63. The number of nitrogens with one attached hydrogen (secondary N) is 1. The summed E-state index contributed by atoms with van der Waals surface area (Å²) < 4.78 is 12.2. The Balaban J connectivity index is 2.31. The van der Waals surface area contributed by atoms with E-state index < -0.39 is 12.8 Å². The summed E-state index contributed by atoms with van der Waals surface area (Å²) >= 11 is 0. The SMILES string of the molecule is OC(CF)c1n[nH]c2c1CCCC2. The molecule has 3 nitrogen and oxygen atoms in total. The van der Waals surface area contributed by atoms with Crippen molar-refractivity contribution in [2.75, 3.05) is 6.67 Å². The molecule has 1 unspecified atom stereocenters. The first-order valence-electron chi connectivity index (χ1n) is 4.63. The molecule has 13 heavy (non-hydrogen) atoms. The first-order valence-corrected chi connectivity index (χ1v) is 4.63. The lowest BCUT2D eigenvalue weighted by Gasteiger charge is -2.12. The lowest BCUT2D eigenvalue weighted by Crippen LogP contribution is -2.07. The molecule has 1 atom stereocenters. The fraction of sp³-hybridized carbons (Fsp3) is 0.667. The number of H-pyrrole nitrogens is 1. The predicted molar refractivity (Wildman–Crippen MR) is 46.2 cm³/mol. The van der Waals surface area contributed by atoms with Gasteiger partial charge in [-0.15, -0.1) is 0 Å². The van der Waals surface area contributed by atoms with Gasteiger partial charge in [-0.1, -0.05) is 0 Å². The molecule has 0 amide bonds. The van der Waals surface area contributed by atoms with Crippen LogP contribution in [0, 0.1) is 0 Å². The van der Waals surface area contributed by atoms with Gasteiger partial charge in [0.15, 0.2) is 0 Å². The maximum atomic E-state index is 12.2. The molecule has 2 rings (SSSR count). The number of aliphatic hydroxyl groups is 1. The molecule has 1 aromatic heterocycles. The summed E-state index contributed by atoms with van der Waals surface area (Å²) in [5, 5.41) is 16.1. The number of aryl methyl sites for hydroxylation is 1. The molecule has 0 saturated heterocycles. The van der Waals surface area contributed by atoms with E-state index >= 15 is 0 Å². The molecule has 0 aliphatic heterocycles. The lowest BCUT2D eigenvalue weighted by molar-refractivity contribution is 0.136. The largest absolute Gasteiger partial charge is 0.384 e. The summed E-state index contributed by atoms with van der Waals surface area (Å²) in [6.45, 7) is -0.753. The molecular formula is C9H13FN2O. The van der Waals surface area contributed by atoms with E-state index in [9.17, 15) is 9.50 Å². The maximum Gasteiger partial charge on any atom is 0.126 e. The highest BCUT2D eigenvalue weighted by atomic mass is 19.1. The van der Waals surface area contributed by atoms with Gasteiger partial charge in [-0.05, 0) is 31.2 Å². The Morgan fingerprint density at radius 1 is 1.46 bits per heavy atom. The highest BCUT2D eigenvalue weighted by Crippen LogP contribution is 2.25. The van der Waals surface area contributed by atoms with Gasteiger partial charge < -0.3 is 5.11 Å². The van der Waals surface area contributed by atoms with E-state index in [0.717, 1.165) is 36.9 Å². The Hall–Kier alpha value is -0.900. The fourth-order valence-corrected chi connectivity index (χ4v) is 1.86. The first kappa shape index (κ1) is 8.69. The highest BCUT2D eigenvalue weighted by Gasteiger charge is 2.21. The van der Waals surface area contributed by atoms with E-state index in [1.807, 2.05) is 0 Å².